The molecule has 1 aromatic carbocycles. The van der Waals surface area contributed by atoms with Gasteiger partial charge in [-0.3, -0.25) is 5.32 Å². The minimum Gasteiger partial charge on any atom is -0.486 e. The van der Waals surface area contributed by atoms with E-state index in [1.165, 1.54) is 6.07 Å². The summed E-state index contributed by atoms with van der Waals surface area (Å²) in [6.07, 6.45) is -5.49. The number of rotatable bonds is 3. The summed E-state index contributed by atoms with van der Waals surface area (Å²) in [5.41, 5.74) is -1.70. The summed E-state index contributed by atoms with van der Waals surface area (Å²) < 4.78 is 49.2. The number of hydrogen-bond donors (Lipinski definition) is 2. The van der Waals surface area contributed by atoms with Crippen molar-refractivity contribution in [3.05, 3.63) is 23.8 Å². The summed E-state index contributed by atoms with van der Waals surface area (Å²) in [4.78, 5) is 11.8. The van der Waals surface area contributed by atoms with Crippen molar-refractivity contribution < 1.29 is 27.4 Å². The molecule has 0 saturated carbocycles. The molecule has 0 bridgehead atoms. The maximum Gasteiger partial charge on any atom is 0.416 e. The molecule has 2 rings (SSSR count). The summed E-state index contributed by atoms with van der Waals surface area (Å²) in [6.45, 7) is 6.20. The topological polar surface area (TPSA) is 59.6 Å². The van der Waals surface area contributed by atoms with Crippen LogP contribution in [0.3, 0.4) is 0 Å². The zero-order valence-electron chi connectivity index (χ0n) is 13.1. The smallest absolute Gasteiger partial charge is 0.416 e. The van der Waals surface area contributed by atoms with E-state index in [4.69, 9.17) is 9.47 Å². The van der Waals surface area contributed by atoms with Gasteiger partial charge in [-0.05, 0) is 39.0 Å². The van der Waals surface area contributed by atoms with Crippen LogP contribution < -0.4 is 15.4 Å². The number of carbonyl (C=O) groups is 1. The molecule has 0 aromatic heterocycles. The highest BCUT2D eigenvalue weighted by Crippen LogP contribution is 2.35. The van der Waals surface area contributed by atoms with Gasteiger partial charge in [0.25, 0.3) is 0 Å². The van der Waals surface area contributed by atoms with Gasteiger partial charge in [0.15, 0.2) is 0 Å². The number of alkyl halides is 3. The molecule has 8 heteroatoms. The Balaban J connectivity index is 2.22. The average molecular weight is 332 g/mol. The Labute approximate surface area is 132 Å². The molecule has 2 N–H and O–H groups in total. The van der Waals surface area contributed by atoms with Crippen molar-refractivity contribution in [1.29, 1.82) is 0 Å². The Morgan fingerprint density at radius 1 is 1.26 bits per heavy atom. The maximum atomic E-state index is 12.9. The number of anilines is 1. The minimum atomic E-state index is -4.51. The Kier molecular flexibility index (Phi) is 4.74. The van der Waals surface area contributed by atoms with E-state index in [2.05, 4.69) is 10.6 Å². The summed E-state index contributed by atoms with van der Waals surface area (Å²) in [5, 5.41) is 5.32. The van der Waals surface area contributed by atoms with Crippen LogP contribution in [0.1, 0.15) is 26.3 Å². The lowest BCUT2D eigenvalue weighted by atomic mass is 10.1. The van der Waals surface area contributed by atoms with Crippen molar-refractivity contribution in [2.75, 3.05) is 18.4 Å². The third kappa shape index (κ3) is 5.02. The molecule has 128 valence electrons. The SMILES string of the molecule is CC(C)(C)OC(=O)Nc1cc(C(F)(F)F)ccc1OC1CNC1. The van der Waals surface area contributed by atoms with Crippen LogP contribution in [0.5, 0.6) is 5.75 Å². The predicted molar refractivity (Wildman–Crippen MR) is 78.6 cm³/mol. The molecule has 1 aliphatic heterocycles. The van der Waals surface area contributed by atoms with Gasteiger partial charge in [0.1, 0.15) is 17.5 Å². The highest BCUT2D eigenvalue weighted by atomic mass is 19.4. The van der Waals surface area contributed by atoms with E-state index in [9.17, 15) is 18.0 Å². The first-order valence-corrected chi connectivity index (χ1v) is 7.13. The molecular formula is C15H19F3N2O3. The fraction of sp³-hybridized carbons (Fsp3) is 0.533. The fourth-order valence-corrected chi connectivity index (χ4v) is 1.85. The molecule has 1 aromatic rings. The van der Waals surface area contributed by atoms with E-state index in [0.717, 1.165) is 12.1 Å². The third-order valence-corrected chi connectivity index (χ3v) is 2.98. The Hall–Kier alpha value is -1.96. The van der Waals surface area contributed by atoms with Gasteiger partial charge in [0.05, 0.1) is 11.3 Å². The van der Waals surface area contributed by atoms with Gasteiger partial charge >= 0.3 is 12.3 Å². The Morgan fingerprint density at radius 2 is 1.91 bits per heavy atom. The monoisotopic (exact) mass is 332 g/mol. The van der Waals surface area contributed by atoms with Gasteiger partial charge in [0.2, 0.25) is 0 Å². The summed E-state index contributed by atoms with van der Waals surface area (Å²) in [5.74, 6) is 0.176. The number of ether oxygens (including phenoxy) is 2. The van der Waals surface area contributed by atoms with Crippen molar-refractivity contribution >= 4 is 11.8 Å². The Morgan fingerprint density at radius 3 is 2.39 bits per heavy atom. The van der Waals surface area contributed by atoms with Crippen molar-refractivity contribution in [3.63, 3.8) is 0 Å². The molecule has 0 atom stereocenters. The van der Waals surface area contributed by atoms with Crippen LogP contribution in [0.2, 0.25) is 0 Å². The number of carbonyl (C=O) groups excluding carboxylic acids is 1. The predicted octanol–water partition coefficient (Wildman–Crippen LogP) is 3.40. The van der Waals surface area contributed by atoms with Crippen LogP contribution >= 0.6 is 0 Å². The largest absolute Gasteiger partial charge is 0.486 e. The van der Waals surface area contributed by atoms with E-state index >= 15 is 0 Å². The zero-order valence-corrected chi connectivity index (χ0v) is 13.1. The minimum absolute atomic E-state index is 0.0685. The molecule has 23 heavy (non-hydrogen) atoms. The zero-order chi connectivity index (χ0) is 17.3. The van der Waals surface area contributed by atoms with Gasteiger partial charge in [-0.15, -0.1) is 0 Å². The molecular weight excluding hydrogens is 313 g/mol. The van der Waals surface area contributed by atoms with Crippen LogP contribution in [-0.2, 0) is 10.9 Å². The lowest BCUT2D eigenvalue weighted by Crippen LogP contribution is -2.50. The molecule has 5 nitrogen and oxygen atoms in total. The Bertz CT molecular complexity index is 578. The number of nitrogens with one attached hydrogen (secondary N) is 2. The normalized spacial score (nSPS) is 15.7. The lowest BCUT2D eigenvalue weighted by molar-refractivity contribution is -0.137. The standard InChI is InChI=1S/C15H19F3N2O3/c1-14(2,3)23-13(21)20-11-6-9(15(16,17)18)4-5-12(11)22-10-7-19-8-10/h4-6,10,19H,7-8H2,1-3H3,(H,20,21). The molecule has 1 amide bonds. The van der Waals surface area contributed by atoms with Crippen molar-refractivity contribution in [3.8, 4) is 5.75 Å². The van der Waals surface area contributed by atoms with E-state index in [1.54, 1.807) is 20.8 Å². The third-order valence-electron chi connectivity index (χ3n) is 2.98. The number of halogens is 3. The number of hydrogen-bond acceptors (Lipinski definition) is 4. The maximum absolute atomic E-state index is 12.9. The van der Waals surface area contributed by atoms with Gasteiger partial charge in [0, 0.05) is 13.1 Å². The van der Waals surface area contributed by atoms with Crippen LogP contribution in [0.15, 0.2) is 18.2 Å². The number of benzene rings is 1. The van der Waals surface area contributed by atoms with E-state index in [1.807, 2.05) is 0 Å². The van der Waals surface area contributed by atoms with Gasteiger partial charge in [-0.25, -0.2) is 4.79 Å². The number of amides is 1. The summed E-state index contributed by atoms with van der Waals surface area (Å²) in [6, 6.07) is 2.96. The van der Waals surface area contributed by atoms with Gasteiger partial charge in [-0.1, -0.05) is 0 Å². The molecule has 1 fully saturated rings. The van der Waals surface area contributed by atoms with Crippen LogP contribution in [0, 0.1) is 0 Å². The second-order valence-corrected chi connectivity index (χ2v) is 6.23. The molecule has 0 radical (unpaired) electrons. The molecule has 0 spiro atoms. The van der Waals surface area contributed by atoms with Crippen molar-refractivity contribution in [1.82, 2.24) is 5.32 Å². The van der Waals surface area contributed by atoms with Gasteiger partial charge < -0.3 is 14.8 Å². The molecule has 0 unspecified atom stereocenters. The first-order valence-electron chi connectivity index (χ1n) is 7.13. The second kappa shape index (κ2) is 6.27. The quantitative estimate of drug-likeness (QED) is 0.891. The molecule has 0 aliphatic carbocycles. The van der Waals surface area contributed by atoms with Crippen molar-refractivity contribution in [2.24, 2.45) is 0 Å². The van der Waals surface area contributed by atoms with Gasteiger partial charge in [-0.2, -0.15) is 13.2 Å². The van der Waals surface area contributed by atoms with E-state index in [-0.39, 0.29) is 17.5 Å². The second-order valence-electron chi connectivity index (χ2n) is 6.23. The first-order chi connectivity index (χ1) is 10.5. The fourth-order valence-electron chi connectivity index (χ4n) is 1.85. The van der Waals surface area contributed by atoms with Crippen molar-refractivity contribution in [2.45, 2.75) is 38.7 Å². The van der Waals surface area contributed by atoms with Crippen LogP contribution in [0.25, 0.3) is 0 Å². The summed E-state index contributed by atoms with van der Waals surface area (Å²) in [7, 11) is 0. The molecule has 1 heterocycles. The summed E-state index contributed by atoms with van der Waals surface area (Å²) >= 11 is 0. The van der Waals surface area contributed by atoms with E-state index in [0.29, 0.717) is 13.1 Å². The molecule has 1 saturated heterocycles. The highest BCUT2D eigenvalue weighted by Gasteiger charge is 2.32. The van der Waals surface area contributed by atoms with E-state index < -0.39 is 23.4 Å². The van der Waals surface area contributed by atoms with Crippen LogP contribution in [-0.4, -0.2) is 30.9 Å². The highest BCUT2D eigenvalue weighted by molar-refractivity contribution is 5.87. The lowest BCUT2D eigenvalue weighted by Gasteiger charge is -2.29. The molecule has 1 aliphatic rings. The first kappa shape index (κ1) is 17.4. The van der Waals surface area contributed by atoms with Crippen LogP contribution in [0.4, 0.5) is 23.7 Å². The average Bonchev–Trinajstić information content (AvgIpc) is 2.31.